The van der Waals surface area contributed by atoms with E-state index >= 15 is 0 Å². The fourth-order valence-electron chi connectivity index (χ4n) is 1.76. The number of likely N-dealkylation sites (N-methyl/N-ethyl adjacent to an activating group) is 1. The van der Waals surface area contributed by atoms with E-state index in [1.54, 1.807) is 0 Å². The molecule has 3 heteroatoms. The van der Waals surface area contributed by atoms with E-state index in [2.05, 4.69) is 4.90 Å². The van der Waals surface area contributed by atoms with E-state index in [0.717, 1.165) is 25.6 Å². The fourth-order valence-corrected chi connectivity index (χ4v) is 1.76. The molecule has 3 nitrogen and oxygen atoms in total. The average Bonchev–Trinajstić information content (AvgIpc) is 2.82. The normalized spacial score (nSPS) is 27.4. The third-order valence-electron chi connectivity index (χ3n) is 2.77. The maximum Gasteiger partial charge on any atom is 0.236 e. The molecular formula is C9H16N2O. The monoisotopic (exact) mass is 168 g/mol. The maximum absolute atomic E-state index is 11.4. The predicted molar refractivity (Wildman–Crippen MR) is 46.8 cm³/mol. The van der Waals surface area contributed by atoms with Gasteiger partial charge in [-0.1, -0.05) is 0 Å². The number of rotatable bonds is 1. The van der Waals surface area contributed by atoms with Gasteiger partial charge >= 0.3 is 0 Å². The van der Waals surface area contributed by atoms with Crippen molar-refractivity contribution in [2.24, 2.45) is 0 Å². The van der Waals surface area contributed by atoms with Gasteiger partial charge in [-0.05, 0) is 19.3 Å². The van der Waals surface area contributed by atoms with Gasteiger partial charge in [0.15, 0.2) is 0 Å². The van der Waals surface area contributed by atoms with Crippen molar-refractivity contribution in [1.82, 2.24) is 9.80 Å². The van der Waals surface area contributed by atoms with E-state index in [-0.39, 0.29) is 0 Å². The molecule has 0 aromatic carbocycles. The standard InChI is InChI=1S/C9H16N2O/c1-10-5-2-6-11(7-9(10)12)8-3-4-8/h8H,2-7H2,1H3. The van der Waals surface area contributed by atoms with Crippen molar-refractivity contribution in [3.05, 3.63) is 0 Å². The van der Waals surface area contributed by atoms with Crippen molar-refractivity contribution < 1.29 is 4.79 Å². The van der Waals surface area contributed by atoms with Crippen LogP contribution in [-0.4, -0.2) is 48.4 Å². The summed E-state index contributed by atoms with van der Waals surface area (Å²) in [6.45, 7) is 2.70. The summed E-state index contributed by atoms with van der Waals surface area (Å²) in [5.41, 5.74) is 0. The first-order valence-corrected chi connectivity index (χ1v) is 4.75. The minimum Gasteiger partial charge on any atom is -0.345 e. The summed E-state index contributed by atoms with van der Waals surface area (Å²) >= 11 is 0. The third-order valence-corrected chi connectivity index (χ3v) is 2.77. The van der Waals surface area contributed by atoms with Gasteiger partial charge in [-0.25, -0.2) is 0 Å². The minimum absolute atomic E-state index is 0.291. The Morgan fingerprint density at radius 3 is 2.75 bits per heavy atom. The number of hydrogen-bond acceptors (Lipinski definition) is 2. The van der Waals surface area contributed by atoms with Crippen LogP contribution in [0.4, 0.5) is 0 Å². The average molecular weight is 168 g/mol. The molecule has 0 radical (unpaired) electrons. The highest BCUT2D eigenvalue weighted by molar-refractivity contribution is 5.78. The molecule has 1 aliphatic carbocycles. The molecular weight excluding hydrogens is 152 g/mol. The van der Waals surface area contributed by atoms with Gasteiger partial charge in [0.05, 0.1) is 6.54 Å². The Morgan fingerprint density at radius 1 is 1.33 bits per heavy atom. The summed E-state index contributed by atoms with van der Waals surface area (Å²) in [7, 11) is 1.90. The predicted octanol–water partition coefficient (Wildman–Crippen LogP) is 0.313. The van der Waals surface area contributed by atoms with Crippen LogP contribution in [0.3, 0.4) is 0 Å². The first kappa shape index (κ1) is 8.05. The van der Waals surface area contributed by atoms with Gasteiger partial charge in [0.2, 0.25) is 5.91 Å². The number of hydrogen-bond donors (Lipinski definition) is 0. The second kappa shape index (κ2) is 3.05. The summed E-state index contributed by atoms with van der Waals surface area (Å²) in [6, 6.07) is 0.737. The summed E-state index contributed by atoms with van der Waals surface area (Å²) in [4.78, 5) is 15.6. The van der Waals surface area contributed by atoms with Crippen LogP contribution in [0.2, 0.25) is 0 Å². The Bertz CT molecular complexity index is 189. The first-order chi connectivity index (χ1) is 5.77. The quantitative estimate of drug-likeness (QED) is 0.562. The van der Waals surface area contributed by atoms with Crippen molar-refractivity contribution in [2.75, 3.05) is 26.7 Å². The molecule has 1 heterocycles. The Balaban J connectivity index is 1.95. The van der Waals surface area contributed by atoms with E-state index in [1.807, 2.05) is 11.9 Å². The Labute approximate surface area is 73.3 Å². The summed E-state index contributed by atoms with van der Waals surface area (Å²) in [5, 5.41) is 0. The lowest BCUT2D eigenvalue weighted by Crippen LogP contribution is -2.35. The van der Waals surface area contributed by atoms with Crippen LogP contribution in [0.15, 0.2) is 0 Å². The van der Waals surface area contributed by atoms with Gasteiger partial charge in [-0.2, -0.15) is 0 Å². The summed E-state index contributed by atoms with van der Waals surface area (Å²) in [6.07, 6.45) is 3.74. The van der Waals surface area contributed by atoms with E-state index in [4.69, 9.17) is 0 Å². The molecule has 0 aromatic heterocycles. The molecule has 0 unspecified atom stereocenters. The van der Waals surface area contributed by atoms with E-state index in [0.29, 0.717) is 12.5 Å². The first-order valence-electron chi connectivity index (χ1n) is 4.75. The van der Waals surface area contributed by atoms with Gasteiger partial charge in [0.1, 0.15) is 0 Å². The molecule has 2 rings (SSSR count). The molecule has 68 valence electrons. The smallest absolute Gasteiger partial charge is 0.236 e. The molecule has 0 atom stereocenters. The number of carbonyl (C=O) groups is 1. The highest BCUT2D eigenvalue weighted by Crippen LogP contribution is 2.27. The maximum atomic E-state index is 11.4. The molecule has 1 aliphatic heterocycles. The van der Waals surface area contributed by atoms with Crippen LogP contribution >= 0.6 is 0 Å². The molecule has 0 N–H and O–H groups in total. The molecule has 1 amide bonds. The SMILES string of the molecule is CN1CCCN(C2CC2)CC1=O. The lowest BCUT2D eigenvalue weighted by molar-refractivity contribution is -0.130. The Kier molecular flexibility index (Phi) is 2.05. The van der Waals surface area contributed by atoms with Gasteiger partial charge in [0.25, 0.3) is 0 Å². The van der Waals surface area contributed by atoms with Crippen LogP contribution < -0.4 is 0 Å². The van der Waals surface area contributed by atoms with E-state index in [1.165, 1.54) is 12.8 Å². The largest absolute Gasteiger partial charge is 0.345 e. The van der Waals surface area contributed by atoms with E-state index < -0.39 is 0 Å². The van der Waals surface area contributed by atoms with Gasteiger partial charge in [0, 0.05) is 26.2 Å². The number of nitrogens with zero attached hydrogens (tertiary/aromatic N) is 2. The van der Waals surface area contributed by atoms with Crippen molar-refractivity contribution in [2.45, 2.75) is 25.3 Å². The van der Waals surface area contributed by atoms with Crippen molar-refractivity contribution in [3.63, 3.8) is 0 Å². The fraction of sp³-hybridized carbons (Fsp3) is 0.889. The van der Waals surface area contributed by atoms with Crippen molar-refractivity contribution in [1.29, 1.82) is 0 Å². The second-order valence-electron chi connectivity index (χ2n) is 3.87. The highest BCUT2D eigenvalue weighted by atomic mass is 16.2. The van der Waals surface area contributed by atoms with Crippen molar-refractivity contribution in [3.8, 4) is 0 Å². The Morgan fingerprint density at radius 2 is 2.08 bits per heavy atom. The second-order valence-corrected chi connectivity index (χ2v) is 3.87. The van der Waals surface area contributed by atoms with Crippen LogP contribution in [0.25, 0.3) is 0 Å². The minimum atomic E-state index is 0.291. The molecule has 1 saturated carbocycles. The highest BCUT2D eigenvalue weighted by Gasteiger charge is 2.31. The lowest BCUT2D eigenvalue weighted by atomic mass is 10.4. The number of carbonyl (C=O) groups excluding carboxylic acids is 1. The van der Waals surface area contributed by atoms with E-state index in [9.17, 15) is 4.79 Å². The lowest BCUT2D eigenvalue weighted by Gasteiger charge is -2.17. The molecule has 0 aromatic rings. The van der Waals surface area contributed by atoms with Gasteiger partial charge < -0.3 is 4.90 Å². The zero-order valence-electron chi connectivity index (χ0n) is 7.62. The summed E-state index contributed by atoms with van der Waals surface area (Å²) in [5.74, 6) is 0.291. The molecule has 0 bridgehead atoms. The molecule has 2 fully saturated rings. The zero-order chi connectivity index (χ0) is 8.55. The van der Waals surface area contributed by atoms with Gasteiger partial charge in [-0.15, -0.1) is 0 Å². The topological polar surface area (TPSA) is 23.6 Å². The van der Waals surface area contributed by atoms with Crippen LogP contribution in [0.5, 0.6) is 0 Å². The molecule has 2 aliphatic rings. The van der Waals surface area contributed by atoms with Crippen LogP contribution in [-0.2, 0) is 4.79 Å². The zero-order valence-corrected chi connectivity index (χ0v) is 7.62. The number of amides is 1. The third kappa shape index (κ3) is 1.61. The van der Waals surface area contributed by atoms with Crippen molar-refractivity contribution >= 4 is 5.91 Å². The van der Waals surface area contributed by atoms with Crippen LogP contribution in [0, 0.1) is 0 Å². The van der Waals surface area contributed by atoms with Gasteiger partial charge in [-0.3, -0.25) is 9.69 Å². The summed E-state index contributed by atoms with van der Waals surface area (Å²) < 4.78 is 0. The molecule has 0 spiro atoms. The van der Waals surface area contributed by atoms with Crippen LogP contribution in [0.1, 0.15) is 19.3 Å². The molecule has 12 heavy (non-hydrogen) atoms. The Hall–Kier alpha value is -0.570. The molecule has 1 saturated heterocycles.